The average Bonchev–Trinajstić information content (AvgIpc) is 2.94. The third kappa shape index (κ3) is 3.95. The fourth-order valence-electron chi connectivity index (χ4n) is 1.52. The fraction of sp³-hybridized carbons (Fsp3) is 0.143. The van der Waals surface area contributed by atoms with Crippen LogP contribution in [0.2, 0.25) is 0 Å². The molecule has 0 atom stereocenters. The van der Waals surface area contributed by atoms with Gasteiger partial charge < -0.3 is 14.6 Å². The topological polar surface area (TPSA) is 114 Å². The van der Waals surface area contributed by atoms with E-state index in [-0.39, 0.29) is 15.7 Å². The van der Waals surface area contributed by atoms with E-state index in [9.17, 15) is 14.7 Å². The van der Waals surface area contributed by atoms with Gasteiger partial charge in [0.1, 0.15) is 4.91 Å². The lowest BCUT2D eigenvalue weighted by Crippen LogP contribution is -1.98. The number of nitrogens with zero attached hydrogens (tertiary/aromatic N) is 2. The van der Waals surface area contributed by atoms with Crippen LogP contribution >= 0.6 is 11.8 Å². The van der Waals surface area contributed by atoms with E-state index >= 15 is 0 Å². The number of carboxylic acids is 2. The summed E-state index contributed by atoms with van der Waals surface area (Å²) < 4.78 is 5.26. The Morgan fingerprint density at radius 1 is 1.23 bits per heavy atom. The molecule has 1 aromatic carbocycles. The molecular weight excluding hydrogens is 308 g/mol. The predicted octanol–water partition coefficient (Wildman–Crippen LogP) is 2.55. The van der Waals surface area contributed by atoms with Crippen molar-refractivity contribution in [1.82, 2.24) is 10.2 Å². The SMILES string of the molecule is CCc1nnc(S/C(=C/c2ccc(C(=O)O)cc2)C(=O)O)o1. The number of thioether (sulfide) groups is 1. The van der Waals surface area contributed by atoms with Crippen LogP contribution in [0.3, 0.4) is 0 Å². The van der Waals surface area contributed by atoms with Crippen molar-refractivity contribution in [1.29, 1.82) is 0 Å². The highest BCUT2D eigenvalue weighted by molar-refractivity contribution is 8.03. The van der Waals surface area contributed by atoms with Crippen molar-refractivity contribution >= 4 is 29.8 Å². The molecule has 114 valence electrons. The molecule has 7 nitrogen and oxygen atoms in total. The molecule has 0 aliphatic heterocycles. The Balaban J connectivity index is 2.22. The molecule has 0 radical (unpaired) electrons. The number of aliphatic carboxylic acids is 1. The lowest BCUT2D eigenvalue weighted by molar-refractivity contribution is -0.131. The molecule has 8 heteroatoms. The molecule has 2 aromatic rings. The smallest absolute Gasteiger partial charge is 0.342 e. The molecule has 22 heavy (non-hydrogen) atoms. The molecular formula is C14H12N2O5S. The van der Waals surface area contributed by atoms with E-state index in [1.165, 1.54) is 30.3 Å². The van der Waals surface area contributed by atoms with Crippen molar-refractivity contribution in [2.24, 2.45) is 0 Å². The van der Waals surface area contributed by atoms with Gasteiger partial charge in [-0.3, -0.25) is 0 Å². The molecule has 0 unspecified atom stereocenters. The zero-order chi connectivity index (χ0) is 16.1. The van der Waals surface area contributed by atoms with Crippen molar-refractivity contribution in [3.8, 4) is 0 Å². The highest BCUT2D eigenvalue weighted by Gasteiger charge is 2.14. The number of aromatic carboxylic acids is 1. The molecule has 2 rings (SSSR count). The number of carbonyl (C=O) groups is 2. The summed E-state index contributed by atoms with van der Waals surface area (Å²) in [6.45, 7) is 1.85. The molecule has 0 fully saturated rings. The van der Waals surface area contributed by atoms with Crippen LogP contribution in [-0.4, -0.2) is 32.3 Å². The molecule has 0 aliphatic carbocycles. The maximum absolute atomic E-state index is 11.3. The average molecular weight is 320 g/mol. The number of hydrogen-bond acceptors (Lipinski definition) is 6. The second kappa shape index (κ2) is 6.90. The largest absolute Gasteiger partial charge is 0.478 e. The maximum Gasteiger partial charge on any atom is 0.342 e. The summed E-state index contributed by atoms with van der Waals surface area (Å²) in [5, 5.41) is 25.7. The Labute approximate surface area is 129 Å². The number of rotatable bonds is 6. The van der Waals surface area contributed by atoms with E-state index in [0.717, 1.165) is 11.8 Å². The van der Waals surface area contributed by atoms with Crippen molar-refractivity contribution in [3.05, 3.63) is 46.2 Å². The summed E-state index contributed by atoms with van der Waals surface area (Å²) in [6, 6.07) is 5.86. The standard InChI is InChI=1S/C14H12N2O5S/c1-2-11-15-16-14(21-11)22-10(13(19)20)7-8-3-5-9(6-4-8)12(17)18/h3-7H,2H2,1H3,(H,17,18)(H,19,20)/b10-7+. The normalized spacial score (nSPS) is 11.4. The summed E-state index contributed by atoms with van der Waals surface area (Å²) in [5.41, 5.74) is 0.691. The number of aromatic nitrogens is 2. The molecule has 0 saturated heterocycles. The summed E-state index contributed by atoms with van der Waals surface area (Å²) in [5.74, 6) is -1.75. The Hall–Kier alpha value is -2.61. The molecule has 1 heterocycles. The monoisotopic (exact) mass is 320 g/mol. The number of benzene rings is 1. The first-order chi connectivity index (χ1) is 10.5. The molecule has 0 aliphatic rings. The van der Waals surface area contributed by atoms with Gasteiger partial charge in [0.05, 0.1) is 5.56 Å². The van der Waals surface area contributed by atoms with Gasteiger partial charge >= 0.3 is 11.9 Å². The van der Waals surface area contributed by atoms with Gasteiger partial charge in [0.15, 0.2) is 0 Å². The fourth-order valence-corrected chi connectivity index (χ4v) is 2.21. The Bertz CT molecular complexity index is 721. The first kappa shape index (κ1) is 15.8. The van der Waals surface area contributed by atoms with E-state index < -0.39 is 11.9 Å². The van der Waals surface area contributed by atoms with E-state index in [1.807, 2.05) is 6.92 Å². The minimum absolute atomic E-state index is 0.00521. The van der Waals surface area contributed by atoms with E-state index in [4.69, 9.17) is 9.52 Å². The molecule has 1 aromatic heterocycles. The van der Waals surface area contributed by atoms with Gasteiger partial charge in [-0.1, -0.05) is 19.1 Å². The van der Waals surface area contributed by atoms with Crippen molar-refractivity contribution in [3.63, 3.8) is 0 Å². The van der Waals surface area contributed by atoms with E-state index in [2.05, 4.69) is 10.2 Å². The predicted molar refractivity (Wildman–Crippen MR) is 78.5 cm³/mol. The van der Waals surface area contributed by atoms with Gasteiger partial charge in [-0.2, -0.15) is 0 Å². The second-order valence-corrected chi connectivity index (χ2v) is 5.15. The van der Waals surface area contributed by atoms with Crippen LogP contribution in [0, 0.1) is 0 Å². The Morgan fingerprint density at radius 3 is 2.41 bits per heavy atom. The lowest BCUT2D eigenvalue weighted by Gasteiger charge is -2.00. The first-order valence-corrected chi connectivity index (χ1v) is 7.10. The Morgan fingerprint density at radius 2 is 1.91 bits per heavy atom. The van der Waals surface area contributed by atoms with E-state index in [1.54, 1.807) is 0 Å². The highest BCUT2D eigenvalue weighted by Crippen LogP contribution is 2.27. The maximum atomic E-state index is 11.3. The quantitative estimate of drug-likeness (QED) is 0.616. The molecule has 2 N–H and O–H groups in total. The summed E-state index contributed by atoms with van der Waals surface area (Å²) in [7, 11) is 0. The van der Waals surface area contributed by atoms with Crippen LogP contribution in [0.15, 0.2) is 38.8 Å². The van der Waals surface area contributed by atoms with Gasteiger partial charge in [-0.15, -0.1) is 10.2 Å². The zero-order valence-electron chi connectivity index (χ0n) is 11.5. The van der Waals surface area contributed by atoms with Gasteiger partial charge in [0, 0.05) is 6.42 Å². The number of aryl methyl sites for hydroxylation is 1. The van der Waals surface area contributed by atoms with Crippen LogP contribution in [-0.2, 0) is 11.2 Å². The van der Waals surface area contributed by atoms with E-state index in [0.29, 0.717) is 17.9 Å². The second-order valence-electron chi connectivity index (χ2n) is 4.16. The third-order valence-electron chi connectivity index (χ3n) is 2.61. The van der Waals surface area contributed by atoms with Gasteiger partial charge in [-0.05, 0) is 35.5 Å². The summed E-state index contributed by atoms with van der Waals surface area (Å²) >= 11 is 0.843. The minimum Gasteiger partial charge on any atom is -0.478 e. The van der Waals surface area contributed by atoms with Crippen LogP contribution in [0.1, 0.15) is 28.7 Å². The van der Waals surface area contributed by atoms with Crippen molar-refractivity contribution in [2.75, 3.05) is 0 Å². The van der Waals surface area contributed by atoms with Crippen LogP contribution in [0.25, 0.3) is 6.08 Å². The van der Waals surface area contributed by atoms with Gasteiger partial charge in [-0.25, -0.2) is 9.59 Å². The number of carboxylic acid groups (broad SMARTS) is 2. The molecule has 0 spiro atoms. The third-order valence-corrected chi connectivity index (χ3v) is 3.47. The van der Waals surface area contributed by atoms with Gasteiger partial charge in [0.25, 0.3) is 5.22 Å². The van der Waals surface area contributed by atoms with Crippen molar-refractivity contribution in [2.45, 2.75) is 18.6 Å². The molecule has 0 amide bonds. The van der Waals surface area contributed by atoms with Crippen LogP contribution < -0.4 is 0 Å². The highest BCUT2D eigenvalue weighted by atomic mass is 32.2. The first-order valence-electron chi connectivity index (χ1n) is 6.28. The summed E-state index contributed by atoms with van der Waals surface area (Å²) in [4.78, 5) is 22.1. The van der Waals surface area contributed by atoms with Gasteiger partial charge in [0.2, 0.25) is 5.89 Å². The Kier molecular flexibility index (Phi) is 4.95. The molecule has 0 bridgehead atoms. The summed E-state index contributed by atoms with van der Waals surface area (Å²) in [6.07, 6.45) is 1.98. The van der Waals surface area contributed by atoms with Crippen molar-refractivity contribution < 1.29 is 24.2 Å². The van der Waals surface area contributed by atoms with Crippen LogP contribution in [0.4, 0.5) is 0 Å². The minimum atomic E-state index is -1.14. The lowest BCUT2D eigenvalue weighted by atomic mass is 10.1. The zero-order valence-corrected chi connectivity index (χ0v) is 12.3. The van der Waals surface area contributed by atoms with Crippen LogP contribution in [0.5, 0.6) is 0 Å². The number of hydrogen-bond donors (Lipinski definition) is 2. The molecule has 0 saturated carbocycles.